The van der Waals surface area contributed by atoms with Crippen molar-refractivity contribution < 1.29 is 0 Å². The van der Waals surface area contributed by atoms with E-state index < -0.39 is 0 Å². The largest absolute Gasteiger partial charge is 0.308 e. The number of hydrogen-bond donors (Lipinski definition) is 0. The van der Waals surface area contributed by atoms with E-state index in [4.69, 9.17) is 21.5 Å². The van der Waals surface area contributed by atoms with Gasteiger partial charge in [0.25, 0.3) is 0 Å². The maximum absolute atomic E-state index is 10.1. The van der Waals surface area contributed by atoms with Gasteiger partial charge in [-0.15, -0.1) is 0 Å². The molecule has 0 atom stereocenters. The fourth-order valence-electron chi connectivity index (χ4n) is 7.37. The van der Waals surface area contributed by atoms with Gasteiger partial charge in [-0.25, -0.2) is 19.8 Å². The highest BCUT2D eigenvalue weighted by molar-refractivity contribution is 6.11. The van der Waals surface area contributed by atoms with E-state index in [-0.39, 0.29) is 0 Å². The molecule has 0 spiro atoms. The summed E-state index contributed by atoms with van der Waals surface area (Å²) >= 11 is 0. The second-order valence-electron chi connectivity index (χ2n) is 13.7. The fourth-order valence-corrected chi connectivity index (χ4v) is 7.37. The van der Waals surface area contributed by atoms with Gasteiger partial charge in [-0.05, 0) is 79.6 Å². The van der Waals surface area contributed by atoms with Crippen LogP contribution in [-0.2, 0) is 0 Å². The molecule has 0 fully saturated rings. The number of fused-ring (bicyclic) bond motifs is 3. The Hall–Kier alpha value is -7.67. The van der Waals surface area contributed by atoms with Crippen molar-refractivity contribution in [2.75, 3.05) is 0 Å². The summed E-state index contributed by atoms with van der Waals surface area (Å²) in [5.74, 6) is 1.63. The molecule has 6 heteroatoms. The van der Waals surface area contributed by atoms with E-state index in [9.17, 15) is 5.26 Å². The van der Waals surface area contributed by atoms with E-state index in [0.29, 0.717) is 28.7 Å². The van der Waals surface area contributed by atoms with Gasteiger partial charge < -0.3 is 4.57 Å². The molecule has 258 valence electrons. The van der Waals surface area contributed by atoms with E-state index in [1.165, 1.54) is 11.1 Å². The van der Waals surface area contributed by atoms with Crippen molar-refractivity contribution in [3.8, 4) is 68.2 Å². The predicted molar refractivity (Wildman–Crippen MR) is 222 cm³/mol. The molecule has 0 aliphatic heterocycles. The lowest BCUT2D eigenvalue weighted by molar-refractivity contribution is 1.07. The van der Waals surface area contributed by atoms with Crippen LogP contribution < -0.4 is 0 Å². The molecule has 55 heavy (non-hydrogen) atoms. The average Bonchev–Trinajstić information content (AvgIpc) is 3.55. The molecular weight excluding hydrogens is 673 g/mol. The first-order valence-corrected chi connectivity index (χ1v) is 18.0. The highest BCUT2D eigenvalue weighted by atomic mass is 15.0. The third-order valence-electron chi connectivity index (χ3n) is 9.96. The molecular formula is C49H32N6. The first-order valence-electron chi connectivity index (χ1n) is 18.0. The molecule has 0 aliphatic rings. The van der Waals surface area contributed by atoms with Crippen molar-refractivity contribution in [2.24, 2.45) is 0 Å². The van der Waals surface area contributed by atoms with Crippen LogP contribution >= 0.6 is 0 Å². The highest BCUT2D eigenvalue weighted by Gasteiger charge is 2.23. The van der Waals surface area contributed by atoms with Crippen LogP contribution in [0.25, 0.3) is 88.8 Å². The summed E-state index contributed by atoms with van der Waals surface area (Å²) in [6.07, 6.45) is 0. The van der Waals surface area contributed by atoms with Crippen molar-refractivity contribution in [3.63, 3.8) is 0 Å². The molecule has 0 radical (unpaired) electrons. The van der Waals surface area contributed by atoms with Crippen molar-refractivity contribution >= 4 is 27.5 Å². The second kappa shape index (κ2) is 13.7. The molecule has 9 rings (SSSR count). The Balaban J connectivity index is 1.44. The number of nitrogens with zero attached hydrogens (tertiary/aromatic N) is 6. The minimum Gasteiger partial charge on any atom is -0.308 e. The number of benzene rings is 7. The standard InChI is InChI=1S/C49H32N6/c1-31-20-22-44-42(24-31)43-25-32(2)21-23-45(43)55(44)46-40(36-17-10-12-33(26-36)30-50)28-38(29-41(46)37-18-11-19-39(27-37)51-3)49-53-47(34-13-6-4-7-14-34)52-48(54-49)35-15-8-5-9-16-35/h4-29H,1-2H3. The summed E-state index contributed by atoms with van der Waals surface area (Å²) in [4.78, 5) is 19.0. The van der Waals surface area contributed by atoms with Gasteiger partial charge in [-0.2, -0.15) is 5.26 Å². The Kier molecular flexibility index (Phi) is 8.27. The zero-order valence-electron chi connectivity index (χ0n) is 30.2. The Morgan fingerprint density at radius 1 is 0.509 bits per heavy atom. The number of aryl methyl sites for hydroxylation is 2. The molecule has 0 bridgehead atoms. The maximum atomic E-state index is 10.1. The minimum absolute atomic E-state index is 0.507. The van der Waals surface area contributed by atoms with E-state index in [1.807, 2.05) is 109 Å². The van der Waals surface area contributed by atoms with Gasteiger partial charge in [0.05, 0.1) is 34.9 Å². The molecule has 0 amide bonds. The molecule has 2 aromatic heterocycles. The predicted octanol–water partition coefficient (Wildman–Crippen LogP) is 12.3. The highest BCUT2D eigenvalue weighted by Crippen LogP contribution is 2.44. The maximum Gasteiger partial charge on any atom is 0.187 e. The van der Waals surface area contributed by atoms with Gasteiger partial charge in [-0.1, -0.05) is 114 Å². The van der Waals surface area contributed by atoms with Gasteiger partial charge in [0.2, 0.25) is 0 Å². The van der Waals surface area contributed by atoms with Crippen LogP contribution in [0.5, 0.6) is 0 Å². The van der Waals surface area contributed by atoms with Gasteiger partial charge >= 0.3 is 0 Å². The number of aromatic nitrogens is 4. The number of rotatable bonds is 6. The van der Waals surface area contributed by atoms with Crippen molar-refractivity contribution in [1.82, 2.24) is 19.5 Å². The zero-order chi connectivity index (χ0) is 37.5. The van der Waals surface area contributed by atoms with Crippen molar-refractivity contribution in [3.05, 3.63) is 186 Å². The summed E-state index contributed by atoms with van der Waals surface area (Å²) in [6.45, 7) is 12.2. The van der Waals surface area contributed by atoms with Crippen molar-refractivity contribution in [1.29, 1.82) is 5.26 Å². The van der Waals surface area contributed by atoms with Crippen LogP contribution in [0.3, 0.4) is 0 Å². The Morgan fingerprint density at radius 3 is 1.53 bits per heavy atom. The van der Waals surface area contributed by atoms with E-state index >= 15 is 0 Å². The second-order valence-corrected chi connectivity index (χ2v) is 13.7. The van der Waals surface area contributed by atoms with Crippen LogP contribution in [0.1, 0.15) is 16.7 Å². The molecule has 6 nitrogen and oxygen atoms in total. The van der Waals surface area contributed by atoms with Crippen LogP contribution in [0.4, 0.5) is 5.69 Å². The van der Waals surface area contributed by atoms with Crippen LogP contribution in [0, 0.1) is 31.8 Å². The zero-order valence-corrected chi connectivity index (χ0v) is 30.2. The Labute approximate surface area is 319 Å². The van der Waals surface area contributed by atoms with E-state index in [0.717, 1.165) is 66.4 Å². The molecule has 2 heterocycles. The van der Waals surface area contributed by atoms with Crippen molar-refractivity contribution in [2.45, 2.75) is 13.8 Å². The first kappa shape index (κ1) is 33.2. The monoisotopic (exact) mass is 704 g/mol. The Morgan fingerprint density at radius 2 is 1.00 bits per heavy atom. The normalized spacial score (nSPS) is 11.1. The lowest BCUT2D eigenvalue weighted by atomic mass is 9.91. The lowest BCUT2D eigenvalue weighted by Crippen LogP contribution is -2.04. The fraction of sp³-hybridized carbons (Fsp3) is 0.0408. The van der Waals surface area contributed by atoms with Gasteiger partial charge in [-0.3, -0.25) is 0 Å². The van der Waals surface area contributed by atoms with Gasteiger partial charge in [0.1, 0.15) is 0 Å². The summed E-state index contributed by atoms with van der Waals surface area (Å²) in [7, 11) is 0. The third-order valence-corrected chi connectivity index (χ3v) is 9.96. The average molecular weight is 705 g/mol. The first-order chi connectivity index (χ1) is 27.0. The summed E-state index contributed by atoms with van der Waals surface area (Å²) < 4.78 is 2.33. The van der Waals surface area contributed by atoms with Gasteiger partial charge in [0.15, 0.2) is 23.2 Å². The summed E-state index contributed by atoms with van der Waals surface area (Å²) in [6, 6.07) is 55.1. The third kappa shape index (κ3) is 6.08. The molecule has 9 aromatic rings. The van der Waals surface area contributed by atoms with Crippen LogP contribution in [0.2, 0.25) is 0 Å². The molecule has 0 aliphatic carbocycles. The molecule has 0 N–H and O–H groups in total. The quantitative estimate of drug-likeness (QED) is 0.162. The van der Waals surface area contributed by atoms with E-state index in [2.05, 4.69) is 77.9 Å². The SMILES string of the molecule is [C-]#[N+]c1cccc(-c2cc(-c3nc(-c4ccccc4)nc(-c4ccccc4)n3)cc(-c3cccc(C#N)c3)c2-n2c3ccc(C)cc3c3cc(C)ccc32)c1. The van der Waals surface area contributed by atoms with Crippen LogP contribution in [0.15, 0.2) is 158 Å². The Bertz CT molecular complexity index is 2820. The molecule has 0 unspecified atom stereocenters. The number of hydrogen-bond acceptors (Lipinski definition) is 4. The lowest BCUT2D eigenvalue weighted by Gasteiger charge is -2.21. The van der Waals surface area contributed by atoms with Gasteiger partial charge in [0, 0.05) is 38.6 Å². The summed E-state index contributed by atoms with van der Waals surface area (Å²) in [5, 5.41) is 12.4. The van der Waals surface area contributed by atoms with Crippen LogP contribution in [-0.4, -0.2) is 19.5 Å². The topological polar surface area (TPSA) is 71.8 Å². The molecule has 7 aromatic carbocycles. The number of nitriles is 1. The smallest absolute Gasteiger partial charge is 0.187 e. The minimum atomic E-state index is 0.507. The van der Waals surface area contributed by atoms with E-state index in [1.54, 1.807) is 0 Å². The molecule has 0 saturated carbocycles. The summed E-state index contributed by atoms with van der Waals surface area (Å²) in [5.41, 5.74) is 12.5. The molecule has 0 saturated heterocycles.